The Morgan fingerprint density at radius 1 is 1.29 bits per heavy atom. The lowest BCUT2D eigenvalue weighted by molar-refractivity contribution is 0.288. The van der Waals surface area contributed by atoms with Crippen molar-refractivity contribution in [2.24, 2.45) is 0 Å². The van der Waals surface area contributed by atoms with Crippen molar-refractivity contribution in [2.75, 3.05) is 23.8 Å². The lowest BCUT2D eigenvalue weighted by atomic mass is 10.2. The minimum atomic E-state index is 0.146. The predicted molar refractivity (Wildman–Crippen MR) is 75.1 cm³/mol. The number of halogens is 2. The van der Waals surface area contributed by atoms with Gasteiger partial charge in [0.25, 0.3) is 0 Å². The van der Waals surface area contributed by atoms with Gasteiger partial charge < -0.3 is 15.7 Å². The number of nitrogens with zero attached hydrogens (tertiary/aromatic N) is 1. The summed E-state index contributed by atoms with van der Waals surface area (Å²) in [5.74, 6) is 0. The molecule has 0 saturated carbocycles. The number of aliphatic hydroxyl groups is 1. The predicted octanol–water partition coefficient (Wildman–Crippen LogP) is 3.17. The van der Waals surface area contributed by atoms with Crippen LogP contribution in [-0.2, 0) is 0 Å². The first-order chi connectivity index (χ1) is 7.97. The Hall–Kier alpha value is -0.640. The lowest BCUT2D eigenvalue weighted by Gasteiger charge is -2.30. The Morgan fingerprint density at radius 2 is 1.82 bits per heavy atom. The smallest absolute Gasteiger partial charge is 0.0748 e. The number of nitrogens with two attached hydrogens (primary N) is 1. The van der Waals surface area contributed by atoms with Gasteiger partial charge in [-0.3, -0.25) is 0 Å². The van der Waals surface area contributed by atoms with E-state index in [9.17, 15) is 0 Å². The number of anilines is 2. The average molecular weight is 277 g/mol. The summed E-state index contributed by atoms with van der Waals surface area (Å²) >= 11 is 12.4. The molecule has 0 radical (unpaired) electrons. The zero-order valence-electron chi connectivity index (χ0n) is 10.1. The Labute approximate surface area is 112 Å². The highest BCUT2D eigenvalue weighted by molar-refractivity contribution is 6.39. The summed E-state index contributed by atoms with van der Waals surface area (Å²) in [5, 5.41) is 10.0. The molecule has 0 fully saturated rings. The van der Waals surface area contributed by atoms with Crippen molar-refractivity contribution in [1.29, 1.82) is 0 Å². The fraction of sp³-hybridized carbons (Fsp3) is 0.500. The second kappa shape index (κ2) is 6.34. The summed E-state index contributed by atoms with van der Waals surface area (Å²) in [6, 6.07) is 3.63. The fourth-order valence-electron chi connectivity index (χ4n) is 1.73. The molecule has 0 unspecified atom stereocenters. The van der Waals surface area contributed by atoms with Gasteiger partial charge in [-0.25, -0.2) is 0 Å². The molecule has 3 N–H and O–H groups in total. The highest BCUT2D eigenvalue weighted by Gasteiger charge is 2.17. The normalized spacial score (nSPS) is 10.9. The summed E-state index contributed by atoms with van der Waals surface area (Å²) in [7, 11) is 0. The van der Waals surface area contributed by atoms with Crippen LogP contribution in [0.25, 0.3) is 0 Å². The van der Waals surface area contributed by atoms with Crippen molar-refractivity contribution in [3.8, 4) is 0 Å². The topological polar surface area (TPSA) is 49.5 Å². The molecule has 1 aromatic carbocycles. The monoisotopic (exact) mass is 276 g/mol. The molecule has 1 rings (SSSR count). The van der Waals surface area contributed by atoms with Crippen LogP contribution in [0.1, 0.15) is 20.3 Å². The summed E-state index contributed by atoms with van der Waals surface area (Å²) < 4.78 is 0. The number of benzene rings is 1. The van der Waals surface area contributed by atoms with E-state index in [2.05, 4.69) is 18.7 Å². The van der Waals surface area contributed by atoms with Gasteiger partial charge in [0.15, 0.2) is 0 Å². The van der Waals surface area contributed by atoms with Gasteiger partial charge >= 0.3 is 0 Å². The zero-order valence-corrected chi connectivity index (χ0v) is 11.6. The van der Waals surface area contributed by atoms with Crippen LogP contribution >= 0.6 is 23.2 Å². The van der Waals surface area contributed by atoms with Crippen molar-refractivity contribution in [1.82, 2.24) is 0 Å². The molecule has 3 nitrogen and oxygen atoms in total. The Balaban J connectivity index is 3.09. The van der Waals surface area contributed by atoms with Crippen molar-refractivity contribution < 1.29 is 5.11 Å². The summed E-state index contributed by atoms with van der Waals surface area (Å²) in [6.45, 7) is 4.96. The van der Waals surface area contributed by atoms with Crippen LogP contribution in [0, 0.1) is 0 Å². The van der Waals surface area contributed by atoms with Crippen molar-refractivity contribution >= 4 is 34.6 Å². The van der Waals surface area contributed by atoms with E-state index >= 15 is 0 Å². The first-order valence-electron chi connectivity index (χ1n) is 5.59. The van der Waals surface area contributed by atoms with Crippen LogP contribution in [0.2, 0.25) is 10.0 Å². The first kappa shape index (κ1) is 14.4. The summed E-state index contributed by atoms with van der Waals surface area (Å²) in [4.78, 5) is 2.07. The van der Waals surface area contributed by atoms with Gasteiger partial charge in [0, 0.05) is 24.9 Å². The fourth-order valence-corrected chi connectivity index (χ4v) is 2.45. The maximum atomic E-state index is 8.91. The first-order valence-corrected chi connectivity index (χ1v) is 6.35. The van der Waals surface area contributed by atoms with Crippen LogP contribution in [0.4, 0.5) is 11.4 Å². The number of hydrogen-bond acceptors (Lipinski definition) is 3. The molecule has 0 aliphatic heterocycles. The van der Waals surface area contributed by atoms with E-state index in [1.54, 1.807) is 12.1 Å². The van der Waals surface area contributed by atoms with Crippen molar-refractivity contribution in [3.63, 3.8) is 0 Å². The largest absolute Gasteiger partial charge is 0.399 e. The third kappa shape index (κ3) is 3.66. The number of nitrogen functional groups attached to an aromatic ring is 1. The van der Waals surface area contributed by atoms with Crippen LogP contribution in [0.15, 0.2) is 12.1 Å². The van der Waals surface area contributed by atoms with Crippen LogP contribution in [0.3, 0.4) is 0 Å². The number of aliphatic hydroxyl groups excluding tert-OH is 1. The second-order valence-electron chi connectivity index (χ2n) is 4.20. The molecule has 5 heteroatoms. The number of hydrogen-bond donors (Lipinski definition) is 2. The zero-order chi connectivity index (χ0) is 13.0. The Kier molecular flexibility index (Phi) is 5.37. The van der Waals surface area contributed by atoms with Crippen molar-refractivity contribution in [2.45, 2.75) is 26.3 Å². The molecule has 0 aliphatic rings. The van der Waals surface area contributed by atoms with Gasteiger partial charge in [0.2, 0.25) is 0 Å². The minimum Gasteiger partial charge on any atom is -0.399 e. The van der Waals surface area contributed by atoms with E-state index in [1.165, 1.54) is 0 Å². The van der Waals surface area contributed by atoms with E-state index < -0.39 is 0 Å². The summed E-state index contributed by atoms with van der Waals surface area (Å²) in [6.07, 6.45) is 0.676. The molecule has 0 atom stereocenters. The molecule has 17 heavy (non-hydrogen) atoms. The van der Waals surface area contributed by atoms with Crippen LogP contribution < -0.4 is 10.6 Å². The highest BCUT2D eigenvalue weighted by Crippen LogP contribution is 2.36. The van der Waals surface area contributed by atoms with E-state index in [1.807, 2.05) is 0 Å². The number of rotatable bonds is 5. The molecule has 0 saturated heterocycles. The maximum Gasteiger partial charge on any atom is 0.0748 e. The van der Waals surface area contributed by atoms with E-state index in [0.717, 1.165) is 5.69 Å². The molecular weight excluding hydrogens is 259 g/mol. The quantitative estimate of drug-likeness (QED) is 0.813. The molecule has 1 aromatic rings. The third-order valence-electron chi connectivity index (χ3n) is 2.51. The van der Waals surface area contributed by atoms with Gasteiger partial charge in [0.05, 0.1) is 15.7 Å². The Bertz CT molecular complexity index is 360. The van der Waals surface area contributed by atoms with Gasteiger partial charge in [-0.2, -0.15) is 0 Å². The molecule has 0 spiro atoms. The highest BCUT2D eigenvalue weighted by atomic mass is 35.5. The van der Waals surface area contributed by atoms with Gasteiger partial charge in [-0.15, -0.1) is 0 Å². The van der Waals surface area contributed by atoms with Crippen molar-refractivity contribution in [3.05, 3.63) is 22.2 Å². The average Bonchev–Trinajstić information content (AvgIpc) is 2.20. The van der Waals surface area contributed by atoms with Gasteiger partial charge in [0.1, 0.15) is 0 Å². The SMILES string of the molecule is CC(C)N(CCCO)c1c(Cl)cc(N)cc1Cl. The van der Waals surface area contributed by atoms with Crippen LogP contribution in [-0.4, -0.2) is 24.3 Å². The van der Waals surface area contributed by atoms with Gasteiger partial charge in [-0.1, -0.05) is 23.2 Å². The second-order valence-corrected chi connectivity index (χ2v) is 5.01. The van der Waals surface area contributed by atoms with Gasteiger partial charge in [-0.05, 0) is 32.4 Å². The third-order valence-corrected chi connectivity index (χ3v) is 3.08. The molecule has 0 heterocycles. The molecule has 96 valence electrons. The standard InChI is InChI=1S/C12H18Cl2N2O/c1-8(2)16(4-3-5-17)12-10(13)6-9(15)7-11(12)14/h6-8,17H,3-5,15H2,1-2H3. The molecule has 0 bridgehead atoms. The molecule has 0 aliphatic carbocycles. The maximum absolute atomic E-state index is 8.91. The van der Waals surface area contributed by atoms with E-state index in [-0.39, 0.29) is 12.6 Å². The molecule has 0 aromatic heterocycles. The molecule has 0 amide bonds. The Morgan fingerprint density at radius 3 is 2.24 bits per heavy atom. The minimum absolute atomic E-state index is 0.146. The lowest BCUT2D eigenvalue weighted by Crippen LogP contribution is -2.32. The van der Waals surface area contributed by atoms with E-state index in [4.69, 9.17) is 34.0 Å². The van der Waals surface area contributed by atoms with Crippen LogP contribution in [0.5, 0.6) is 0 Å². The van der Waals surface area contributed by atoms with E-state index in [0.29, 0.717) is 28.7 Å². The molecular formula is C12H18Cl2N2O. The summed E-state index contributed by atoms with van der Waals surface area (Å²) in [5.41, 5.74) is 7.01.